The summed E-state index contributed by atoms with van der Waals surface area (Å²) in [5.74, 6) is 1.51. The summed E-state index contributed by atoms with van der Waals surface area (Å²) >= 11 is 0. The number of piperazine rings is 1. The Kier molecular flexibility index (Phi) is 6.17. The van der Waals surface area contributed by atoms with Crippen LogP contribution in [0.2, 0.25) is 0 Å². The number of aryl methyl sites for hydroxylation is 2. The molecule has 0 N–H and O–H groups in total. The van der Waals surface area contributed by atoms with Crippen molar-refractivity contribution in [2.45, 2.75) is 26.7 Å². The smallest absolute Gasteiger partial charge is 0.227 e. The lowest BCUT2D eigenvalue weighted by Crippen LogP contribution is -2.52. The molecule has 2 aliphatic rings. The van der Waals surface area contributed by atoms with Crippen molar-refractivity contribution in [3.05, 3.63) is 59.9 Å². The van der Waals surface area contributed by atoms with Crippen molar-refractivity contribution < 1.29 is 9.18 Å². The molecule has 5 rings (SSSR count). The number of benzene rings is 1. The number of aromatic nitrogens is 4. The van der Waals surface area contributed by atoms with Crippen molar-refractivity contribution in [1.82, 2.24) is 24.6 Å². The fourth-order valence-corrected chi connectivity index (χ4v) is 4.97. The number of amides is 1. The van der Waals surface area contributed by atoms with Gasteiger partial charge in [0.05, 0.1) is 11.6 Å². The number of hydrogen-bond donors (Lipinski definition) is 0. The molecule has 2 fully saturated rings. The van der Waals surface area contributed by atoms with Crippen LogP contribution in [0.3, 0.4) is 0 Å². The van der Waals surface area contributed by atoms with Crippen LogP contribution in [0.5, 0.6) is 0 Å². The Labute approximate surface area is 199 Å². The molecule has 3 aromatic rings. The highest BCUT2D eigenvalue weighted by Gasteiger charge is 2.31. The Morgan fingerprint density at radius 3 is 2.38 bits per heavy atom. The van der Waals surface area contributed by atoms with E-state index >= 15 is 0 Å². The van der Waals surface area contributed by atoms with Gasteiger partial charge in [-0.1, -0.05) is 0 Å². The molecule has 0 bridgehead atoms. The van der Waals surface area contributed by atoms with Crippen molar-refractivity contribution in [3.8, 4) is 5.82 Å². The molecule has 9 heteroatoms. The second-order valence-corrected chi connectivity index (χ2v) is 9.15. The van der Waals surface area contributed by atoms with E-state index in [0.717, 1.165) is 61.2 Å². The highest BCUT2D eigenvalue weighted by atomic mass is 19.1. The van der Waals surface area contributed by atoms with Crippen LogP contribution in [-0.4, -0.2) is 69.8 Å². The van der Waals surface area contributed by atoms with Gasteiger partial charge in [-0.15, -0.1) is 0 Å². The van der Waals surface area contributed by atoms with Crippen molar-refractivity contribution in [2.24, 2.45) is 5.92 Å². The second kappa shape index (κ2) is 9.40. The lowest BCUT2D eigenvalue weighted by Gasteiger charge is -2.40. The Bertz CT molecular complexity index is 1150. The first kappa shape index (κ1) is 22.3. The molecule has 1 aromatic carbocycles. The van der Waals surface area contributed by atoms with Crippen LogP contribution in [0.1, 0.15) is 24.2 Å². The first-order valence-corrected chi connectivity index (χ1v) is 11.9. The van der Waals surface area contributed by atoms with Crippen molar-refractivity contribution >= 4 is 17.4 Å². The lowest BCUT2D eigenvalue weighted by molar-refractivity contribution is -0.136. The summed E-state index contributed by atoms with van der Waals surface area (Å²) in [7, 11) is 0. The molecular weight excluding hydrogens is 433 g/mol. The van der Waals surface area contributed by atoms with E-state index in [2.05, 4.69) is 24.9 Å². The highest BCUT2D eigenvalue weighted by Crippen LogP contribution is 2.25. The van der Waals surface area contributed by atoms with Crippen molar-refractivity contribution in [1.29, 1.82) is 0 Å². The van der Waals surface area contributed by atoms with E-state index in [9.17, 15) is 9.18 Å². The van der Waals surface area contributed by atoms with Gasteiger partial charge in [-0.3, -0.25) is 4.79 Å². The third-order valence-electron chi connectivity index (χ3n) is 6.74. The summed E-state index contributed by atoms with van der Waals surface area (Å²) in [6.45, 7) is 8.38. The third kappa shape index (κ3) is 4.60. The summed E-state index contributed by atoms with van der Waals surface area (Å²) in [6, 6.07) is 10.5. The number of hydrogen-bond acceptors (Lipinski definition) is 6. The summed E-state index contributed by atoms with van der Waals surface area (Å²) in [6.07, 6.45) is 3.41. The van der Waals surface area contributed by atoms with Gasteiger partial charge in [0, 0.05) is 56.7 Å². The molecule has 1 unspecified atom stereocenters. The SMILES string of the molecule is Cc1cc(C)n(-c2cc(N3CCCC(C(=O)N4CCN(c5ccc(F)cc5)CC4)C3)ncn2)n1. The molecule has 178 valence electrons. The number of carbonyl (C=O) groups is 1. The summed E-state index contributed by atoms with van der Waals surface area (Å²) in [4.78, 5) is 28.6. The van der Waals surface area contributed by atoms with E-state index in [-0.39, 0.29) is 17.6 Å². The van der Waals surface area contributed by atoms with Gasteiger partial charge < -0.3 is 14.7 Å². The molecule has 0 saturated carbocycles. The van der Waals surface area contributed by atoms with E-state index in [1.54, 1.807) is 18.5 Å². The van der Waals surface area contributed by atoms with Crippen LogP contribution in [0.25, 0.3) is 5.82 Å². The largest absolute Gasteiger partial charge is 0.368 e. The summed E-state index contributed by atoms with van der Waals surface area (Å²) < 4.78 is 15.0. The molecule has 2 saturated heterocycles. The van der Waals surface area contributed by atoms with Crippen molar-refractivity contribution in [3.63, 3.8) is 0 Å². The number of piperidine rings is 1. The van der Waals surface area contributed by atoms with Gasteiger partial charge in [0.2, 0.25) is 5.91 Å². The fourth-order valence-electron chi connectivity index (χ4n) is 4.97. The van der Waals surface area contributed by atoms with Crippen LogP contribution in [0.4, 0.5) is 15.9 Å². The quantitative estimate of drug-likeness (QED) is 0.593. The maximum atomic E-state index is 13.3. The Balaban J connectivity index is 1.23. The predicted molar refractivity (Wildman–Crippen MR) is 129 cm³/mol. The zero-order valence-electron chi connectivity index (χ0n) is 19.7. The Hall–Kier alpha value is -3.49. The van der Waals surface area contributed by atoms with Crippen LogP contribution in [0, 0.1) is 25.6 Å². The van der Waals surface area contributed by atoms with Crippen molar-refractivity contribution in [2.75, 3.05) is 49.1 Å². The van der Waals surface area contributed by atoms with Crippen LogP contribution < -0.4 is 9.80 Å². The van der Waals surface area contributed by atoms with E-state index in [1.165, 1.54) is 12.1 Å². The van der Waals surface area contributed by atoms with Crippen LogP contribution >= 0.6 is 0 Å². The maximum Gasteiger partial charge on any atom is 0.227 e. The monoisotopic (exact) mass is 463 g/mol. The summed E-state index contributed by atoms with van der Waals surface area (Å²) in [5.41, 5.74) is 2.97. The number of carbonyl (C=O) groups excluding carboxylic acids is 1. The summed E-state index contributed by atoms with van der Waals surface area (Å²) in [5, 5.41) is 4.53. The molecule has 0 aliphatic carbocycles. The molecular formula is C25H30FN7O. The molecule has 0 spiro atoms. The minimum Gasteiger partial charge on any atom is -0.368 e. The minimum atomic E-state index is -0.231. The Morgan fingerprint density at radius 1 is 0.941 bits per heavy atom. The van der Waals surface area contributed by atoms with Gasteiger partial charge in [0.1, 0.15) is 18.0 Å². The molecule has 2 aromatic heterocycles. The van der Waals surface area contributed by atoms with E-state index in [0.29, 0.717) is 19.6 Å². The van der Waals surface area contributed by atoms with E-state index < -0.39 is 0 Å². The third-order valence-corrected chi connectivity index (χ3v) is 6.74. The van der Waals surface area contributed by atoms with Crippen LogP contribution in [0.15, 0.2) is 42.7 Å². The first-order valence-electron chi connectivity index (χ1n) is 11.9. The van der Waals surface area contributed by atoms with E-state index in [4.69, 9.17) is 0 Å². The molecule has 0 radical (unpaired) electrons. The molecule has 34 heavy (non-hydrogen) atoms. The fraction of sp³-hybridized carbons (Fsp3) is 0.440. The molecule has 8 nitrogen and oxygen atoms in total. The predicted octanol–water partition coefficient (Wildman–Crippen LogP) is 2.98. The number of anilines is 2. The number of rotatable bonds is 4. The lowest BCUT2D eigenvalue weighted by atomic mass is 9.96. The van der Waals surface area contributed by atoms with Gasteiger partial charge in [0.15, 0.2) is 5.82 Å². The standard InChI is InChI=1S/C25H30FN7O/c1-18-14-19(2)33(29-18)24-15-23(27-17-28-24)32-9-3-4-20(16-32)25(34)31-12-10-30(11-13-31)22-7-5-21(26)6-8-22/h5-8,14-15,17,20H,3-4,9-13,16H2,1-2H3. The number of nitrogens with zero attached hydrogens (tertiary/aromatic N) is 7. The average molecular weight is 464 g/mol. The zero-order chi connectivity index (χ0) is 23.7. The molecule has 4 heterocycles. The first-order chi connectivity index (χ1) is 16.5. The molecule has 1 atom stereocenters. The van der Waals surface area contributed by atoms with Gasteiger partial charge in [0.25, 0.3) is 0 Å². The maximum absolute atomic E-state index is 13.3. The molecule has 2 aliphatic heterocycles. The van der Waals surface area contributed by atoms with Gasteiger partial charge in [-0.2, -0.15) is 5.10 Å². The Morgan fingerprint density at radius 2 is 1.68 bits per heavy atom. The normalized spacial score (nSPS) is 18.9. The number of halogens is 1. The highest BCUT2D eigenvalue weighted by molar-refractivity contribution is 5.80. The molecule has 1 amide bonds. The van der Waals surface area contributed by atoms with Crippen LogP contribution in [-0.2, 0) is 4.79 Å². The second-order valence-electron chi connectivity index (χ2n) is 9.15. The van der Waals surface area contributed by atoms with Gasteiger partial charge >= 0.3 is 0 Å². The van der Waals surface area contributed by atoms with Gasteiger partial charge in [-0.25, -0.2) is 19.0 Å². The van der Waals surface area contributed by atoms with E-state index in [1.807, 2.05) is 35.6 Å². The topological polar surface area (TPSA) is 70.4 Å². The average Bonchev–Trinajstić information content (AvgIpc) is 3.22. The van der Waals surface area contributed by atoms with Gasteiger partial charge in [-0.05, 0) is 57.0 Å². The zero-order valence-corrected chi connectivity index (χ0v) is 19.7. The minimum absolute atomic E-state index is 0.0433.